The van der Waals surface area contributed by atoms with Gasteiger partial charge in [0.1, 0.15) is 23.6 Å². The number of methoxy groups -OCH3 is 1. The fourth-order valence-corrected chi connectivity index (χ4v) is 3.92. The van der Waals surface area contributed by atoms with Crippen molar-refractivity contribution in [2.45, 2.75) is 63.9 Å². The van der Waals surface area contributed by atoms with Crippen LogP contribution in [0.5, 0.6) is 0 Å². The molecule has 176 valence electrons. The molecule has 10 heteroatoms. The Kier molecular flexibility index (Phi) is 7.20. The predicted molar refractivity (Wildman–Crippen MR) is 115 cm³/mol. The van der Waals surface area contributed by atoms with E-state index in [0.717, 1.165) is 5.82 Å². The topological polar surface area (TPSA) is 101 Å². The van der Waals surface area contributed by atoms with Crippen LogP contribution in [0.3, 0.4) is 0 Å². The van der Waals surface area contributed by atoms with Crippen molar-refractivity contribution in [2.24, 2.45) is 0 Å². The first kappa shape index (κ1) is 23.7. The molecule has 1 N–H and O–H groups in total. The van der Waals surface area contributed by atoms with E-state index in [1.54, 1.807) is 32.9 Å². The Morgan fingerprint density at radius 1 is 1.19 bits per heavy atom. The van der Waals surface area contributed by atoms with Gasteiger partial charge < -0.3 is 19.7 Å². The lowest BCUT2D eigenvalue weighted by molar-refractivity contribution is -0.126. The largest absolute Gasteiger partial charge is 0.465 e. The molecule has 3 heterocycles. The van der Waals surface area contributed by atoms with Crippen LogP contribution in [0, 0.1) is 0 Å². The number of hydrogen-bond donors (Lipinski definition) is 1. The molecule has 2 fully saturated rings. The van der Waals surface area contributed by atoms with Crippen LogP contribution in [-0.2, 0) is 14.3 Å². The van der Waals surface area contributed by atoms with Gasteiger partial charge in [-0.2, -0.15) is 0 Å². The molecule has 0 radical (unpaired) electrons. The van der Waals surface area contributed by atoms with E-state index >= 15 is 0 Å². The normalized spacial score (nSPS) is 21.9. The minimum Gasteiger partial charge on any atom is -0.465 e. The number of carbonyl (C=O) groups is 3. The number of nitrogens with one attached hydrogen (secondary N) is 1. The van der Waals surface area contributed by atoms with Crippen molar-refractivity contribution in [3.63, 3.8) is 0 Å². The van der Waals surface area contributed by atoms with Gasteiger partial charge >= 0.3 is 12.1 Å². The van der Waals surface area contributed by atoms with E-state index in [1.165, 1.54) is 18.2 Å². The van der Waals surface area contributed by atoms with Crippen LogP contribution in [0.1, 0.15) is 50.4 Å². The molecule has 0 aliphatic carbocycles. The van der Waals surface area contributed by atoms with Gasteiger partial charge in [0.25, 0.3) is 0 Å². The number of alkyl halides is 1. The molecule has 3 rings (SSSR count). The Bertz CT molecular complexity index is 834. The fraction of sp³-hybridized carbons (Fsp3) is 0.636. The zero-order valence-electron chi connectivity index (χ0n) is 19.0. The molecule has 0 spiro atoms. The molecule has 9 nitrogen and oxygen atoms in total. The van der Waals surface area contributed by atoms with E-state index in [9.17, 15) is 18.8 Å². The van der Waals surface area contributed by atoms with Gasteiger partial charge in [0, 0.05) is 31.7 Å². The summed E-state index contributed by atoms with van der Waals surface area (Å²) in [6, 6.07) is 2.49. The number of ether oxygens (including phenoxy) is 2. The molecule has 0 saturated carbocycles. The third-order valence-electron chi connectivity index (χ3n) is 5.51. The number of aromatic nitrogens is 1. The number of piperidine rings is 1. The smallest absolute Gasteiger partial charge is 0.411 e. The van der Waals surface area contributed by atoms with Crippen LogP contribution in [0.15, 0.2) is 18.3 Å². The van der Waals surface area contributed by atoms with Gasteiger partial charge in [0.2, 0.25) is 5.91 Å². The number of carbonyl (C=O) groups excluding carboxylic acids is 3. The van der Waals surface area contributed by atoms with Crippen molar-refractivity contribution in [3.8, 4) is 0 Å². The number of rotatable bonds is 4. The summed E-state index contributed by atoms with van der Waals surface area (Å²) in [5, 5.41) is 2.97. The lowest BCUT2D eigenvalue weighted by Crippen LogP contribution is -2.52. The molecule has 2 aliphatic rings. The molecule has 2 amide bonds. The Hall–Kier alpha value is -2.91. The average molecular weight is 451 g/mol. The second-order valence-electron chi connectivity index (χ2n) is 9.15. The summed E-state index contributed by atoms with van der Waals surface area (Å²) in [6.07, 6.45) is 0.899. The zero-order valence-corrected chi connectivity index (χ0v) is 19.0. The third kappa shape index (κ3) is 5.86. The lowest BCUT2D eigenvalue weighted by Gasteiger charge is -2.34. The standard InChI is InChI=1S/C22H31FN4O5/c1-22(2,3)32-21(30)27-13-15(23)11-17(27)19(28)25-16-7-9-26(10-8-16)18-6-5-14(12-24-18)20(29)31-4/h5-6,12,15-17H,7-11,13H2,1-4H3,(H,25,28)/t15-,17+/m1/s1. The molecule has 1 aromatic heterocycles. The number of halogens is 1. The number of likely N-dealkylation sites (tertiary alicyclic amines) is 1. The van der Waals surface area contributed by atoms with Crippen molar-refractivity contribution in [1.82, 2.24) is 15.2 Å². The highest BCUT2D eigenvalue weighted by Gasteiger charge is 2.42. The fourth-order valence-electron chi connectivity index (χ4n) is 3.92. The van der Waals surface area contributed by atoms with Crippen molar-refractivity contribution in [2.75, 3.05) is 31.6 Å². The van der Waals surface area contributed by atoms with Crippen LogP contribution in [0.4, 0.5) is 15.0 Å². The number of esters is 1. The summed E-state index contributed by atoms with van der Waals surface area (Å²) >= 11 is 0. The SMILES string of the molecule is COC(=O)c1ccc(N2CCC(NC(=O)[C@@H]3C[C@@H](F)CN3C(=O)OC(C)(C)C)CC2)nc1. The second kappa shape index (κ2) is 9.70. The molecule has 0 unspecified atom stereocenters. The van der Waals surface area contributed by atoms with Gasteiger partial charge in [-0.3, -0.25) is 9.69 Å². The van der Waals surface area contributed by atoms with Crippen molar-refractivity contribution in [1.29, 1.82) is 0 Å². The van der Waals surface area contributed by atoms with Crippen molar-refractivity contribution < 1.29 is 28.2 Å². The Labute approximate surface area is 187 Å². The van der Waals surface area contributed by atoms with Crippen LogP contribution in [0.2, 0.25) is 0 Å². The molecule has 2 aliphatic heterocycles. The van der Waals surface area contributed by atoms with Gasteiger partial charge in [-0.15, -0.1) is 0 Å². The summed E-state index contributed by atoms with van der Waals surface area (Å²) in [4.78, 5) is 44.4. The van der Waals surface area contributed by atoms with E-state index in [0.29, 0.717) is 31.5 Å². The molecule has 0 bridgehead atoms. The third-order valence-corrected chi connectivity index (χ3v) is 5.51. The summed E-state index contributed by atoms with van der Waals surface area (Å²) < 4.78 is 24.0. The minimum atomic E-state index is -1.25. The number of amides is 2. The number of nitrogens with zero attached hydrogens (tertiary/aromatic N) is 3. The maximum atomic E-state index is 14.0. The molecule has 0 aromatic carbocycles. The van der Waals surface area contributed by atoms with Gasteiger partial charge in [-0.05, 0) is 45.7 Å². The van der Waals surface area contributed by atoms with Gasteiger partial charge in [-0.1, -0.05) is 0 Å². The van der Waals surface area contributed by atoms with Gasteiger partial charge in [0.05, 0.1) is 19.2 Å². The first-order valence-corrected chi connectivity index (χ1v) is 10.8. The van der Waals surface area contributed by atoms with Gasteiger partial charge in [-0.25, -0.2) is 19.0 Å². The highest BCUT2D eigenvalue weighted by molar-refractivity contribution is 5.89. The highest BCUT2D eigenvalue weighted by Crippen LogP contribution is 2.24. The molecule has 2 atom stereocenters. The van der Waals surface area contributed by atoms with Crippen molar-refractivity contribution >= 4 is 23.8 Å². The van der Waals surface area contributed by atoms with Crippen LogP contribution >= 0.6 is 0 Å². The number of hydrogen-bond acceptors (Lipinski definition) is 7. The van der Waals surface area contributed by atoms with E-state index in [-0.39, 0.29) is 24.9 Å². The first-order valence-electron chi connectivity index (χ1n) is 10.8. The van der Waals surface area contributed by atoms with E-state index in [1.807, 2.05) is 0 Å². The Morgan fingerprint density at radius 2 is 1.88 bits per heavy atom. The van der Waals surface area contributed by atoms with Crippen LogP contribution in [0.25, 0.3) is 0 Å². The quantitative estimate of drug-likeness (QED) is 0.703. The minimum absolute atomic E-state index is 0.0274. The molecular weight excluding hydrogens is 419 g/mol. The Morgan fingerprint density at radius 3 is 2.44 bits per heavy atom. The van der Waals surface area contributed by atoms with E-state index in [2.05, 4.69) is 19.9 Å². The predicted octanol–water partition coefficient (Wildman–Crippen LogP) is 2.30. The maximum absolute atomic E-state index is 14.0. The molecule has 2 saturated heterocycles. The maximum Gasteiger partial charge on any atom is 0.411 e. The lowest BCUT2D eigenvalue weighted by atomic mass is 10.0. The average Bonchev–Trinajstić information content (AvgIpc) is 3.15. The molecule has 1 aromatic rings. The molecule has 32 heavy (non-hydrogen) atoms. The highest BCUT2D eigenvalue weighted by atomic mass is 19.1. The zero-order chi connectivity index (χ0) is 23.5. The first-order chi connectivity index (χ1) is 15.1. The van der Waals surface area contributed by atoms with Crippen molar-refractivity contribution in [3.05, 3.63) is 23.9 Å². The summed E-state index contributed by atoms with van der Waals surface area (Å²) in [7, 11) is 1.32. The van der Waals surface area contributed by atoms with Gasteiger partial charge in [0.15, 0.2) is 0 Å². The van der Waals surface area contributed by atoms with Crippen LogP contribution < -0.4 is 10.2 Å². The van der Waals surface area contributed by atoms with Crippen LogP contribution in [-0.4, -0.2) is 78.5 Å². The van der Waals surface area contributed by atoms with E-state index in [4.69, 9.17) is 4.74 Å². The number of anilines is 1. The van der Waals surface area contributed by atoms with E-state index < -0.39 is 29.9 Å². The summed E-state index contributed by atoms with van der Waals surface area (Å²) in [6.45, 7) is 6.39. The molecular formula is C22H31FN4O5. The Balaban J connectivity index is 1.53. The number of pyridine rings is 1. The second-order valence-corrected chi connectivity index (χ2v) is 9.15. The summed E-state index contributed by atoms with van der Waals surface area (Å²) in [5.74, 6) is -0.0436. The summed E-state index contributed by atoms with van der Waals surface area (Å²) in [5.41, 5.74) is -0.335. The monoisotopic (exact) mass is 450 g/mol.